The number of carbonyl (C=O) groups is 3. The van der Waals surface area contributed by atoms with E-state index in [0.717, 1.165) is 0 Å². The van der Waals surface area contributed by atoms with Crippen LogP contribution in [-0.4, -0.2) is 31.1 Å². The first-order valence-electron chi connectivity index (χ1n) is 9.18. The second-order valence-corrected chi connectivity index (χ2v) is 6.98. The van der Waals surface area contributed by atoms with Gasteiger partial charge in [-0.2, -0.15) is 0 Å². The number of halogens is 1. The van der Waals surface area contributed by atoms with Crippen LogP contribution in [0.25, 0.3) is 11.3 Å². The highest BCUT2D eigenvalue weighted by Gasteiger charge is 2.21. The Morgan fingerprint density at radius 1 is 1.06 bits per heavy atom. The maximum Gasteiger partial charge on any atom is 0.374 e. The quantitative estimate of drug-likeness (QED) is 0.448. The van der Waals surface area contributed by atoms with Crippen molar-refractivity contribution in [2.75, 3.05) is 18.7 Å². The predicted octanol–water partition coefficient (Wildman–Crippen LogP) is 4.33. The van der Waals surface area contributed by atoms with Crippen molar-refractivity contribution in [2.24, 2.45) is 0 Å². The van der Waals surface area contributed by atoms with E-state index in [1.807, 2.05) is 0 Å². The lowest BCUT2D eigenvalue weighted by Gasteiger charge is -2.10. The zero-order chi connectivity index (χ0) is 22.0. The highest BCUT2D eigenvalue weighted by Crippen LogP contribution is 2.37. The van der Waals surface area contributed by atoms with E-state index in [9.17, 15) is 14.4 Å². The van der Waals surface area contributed by atoms with Gasteiger partial charge >= 0.3 is 5.97 Å². The Labute approximate surface area is 181 Å². The molecule has 0 unspecified atom stereocenters. The molecule has 4 rings (SSSR count). The van der Waals surface area contributed by atoms with Crippen LogP contribution in [0.15, 0.2) is 52.9 Å². The van der Waals surface area contributed by atoms with Gasteiger partial charge in [0, 0.05) is 17.2 Å². The molecule has 1 N–H and O–H groups in total. The van der Waals surface area contributed by atoms with E-state index in [2.05, 4.69) is 5.32 Å². The number of fused-ring (bicyclic) bond motifs is 1. The smallest absolute Gasteiger partial charge is 0.374 e. The number of Topliss-reactive ketones (excluding diaryl/α,β-unsaturated/α-hetero) is 1. The molecule has 0 spiro atoms. The van der Waals surface area contributed by atoms with E-state index in [4.69, 9.17) is 30.2 Å². The SMILES string of the molecule is CC(=O)c1cc2c(cc1NC(=O)COC(=O)c1ccc(-c3ccccc3Cl)o1)OCO2. The van der Waals surface area contributed by atoms with Crippen LogP contribution in [-0.2, 0) is 9.53 Å². The summed E-state index contributed by atoms with van der Waals surface area (Å²) in [4.78, 5) is 36.4. The molecule has 3 aromatic rings. The van der Waals surface area contributed by atoms with E-state index in [1.54, 1.807) is 30.3 Å². The molecular formula is C22H16ClNO7. The minimum Gasteiger partial charge on any atom is -0.454 e. The molecule has 0 atom stereocenters. The van der Waals surface area contributed by atoms with Crippen LogP contribution < -0.4 is 14.8 Å². The first kappa shape index (κ1) is 20.5. The van der Waals surface area contributed by atoms with Crippen LogP contribution >= 0.6 is 11.6 Å². The number of anilines is 1. The van der Waals surface area contributed by atoms with Gasteiger partial charge in [0.05, 0.1) is 10.7 Å². The summed E-state index contributed by atoms with van der Waals surface area (Å²) in [6.45, 7) is 0.814. The van der Waals surface area contributed by atoms with Gasteiger partial charge in [0.25, 0.3) is 5.91 Å². The minimum absolute atomic E-state index is 0.0288. The zero-order valence-corrected chi connectivity index (χ0v) is 17.0. The molecule has 1 amide bonds. The zero-order valence-electron chi connectivity index (χ0n) is 16.3. The summed E-state index contributed by atoms with van der Waals surface area (Å²) in [6, 6.07) is 13.0. The number of hydrogen-bond acceptors (Lipinski definition) is 7. The topological polar surface area (TPSA) is 104 Å². The normalized spacial score (nSPS) is 11.8. The maximum absolute atomic E-state index is 12.3. The van der Waals surface area contributed by atoms with E-state index in [-0.39, 0.29) is 29.6 Å². The summed E-state index contributed by atoms with van der Waals surface area (Å²) in [5.74, 6) is -0.572. The average molecular weight is 442 g/mol. The molecule has 0 bridgehead atoms. The molecule has 2 heterocycles. The number of furan rings is 1. The van der Waals surface area contributed by atoms with Crippen LogP contribution in [0.2, 0.25) is 5.02 Å². The van der Waals surface area contributed by atoms with Crippen LogP contribution in [0.5, 0.6) is 11.5 Å². The Morgan fingerprint density at radius 2 is 1.81 bits per heavy atom. The summed E-state index contributed by atoms with van der Waals surface area (Å²) in [7, 11) is 0. The molecule has 1 aliphatic rings. The monoisotopic (exact) mass is 441 g/mol. The van der Waals surface area contributed by atoms with E-state index in [0.29, 0.717) is 27.8 Å². The summed E-state index contributed by atoms with van der Waals surface area (Å²) < 4.78 is 21.0. The summed E-state index contributed by atoms with van der Waals surface area (Å²) in [5.41, 5.74) is 1.11. The molecule has 158 valence electrons. The molecule has 31 heavy (non-hydrogen) atoms. The summed E-state index contributed by atoms with van der Waals surface area (Å²) in [6.07, 6.45) is 0. The number of ether oxygens (including phenoxy) is 3. The van der Waals surface area contributed by atoms with Gasteiger partial charge in [-0.3, -0.25) is 9.59 Å². The molecule has 0 radical (unpaired) electrons. The van der Waals surface area contributed by atoms with Crippen molar-refractivity contribution in [2.45, 2.75) is 6.92 Å². The molecule has 0 aliphatic carbocycles. The molecule has 1 aromatic heterocycles. The summed E-state index contributed by atoms with van der Waals surface area (Å²) >= 11 is 6.13. The Kier molecular flexibility index (Phi) is 5.64. The molecule has 0 fully saturated rings. The van der Waals surface area contributed by atoms with Crippen molar-refractivity contribution in [1.82, 2.24) is 0 Å². The number of esters is 1. The van der Waals surface area contributed by atoms with Gasteiger partial charge in [0.1, 0.15) is 5.76 Å². The second kappa shape index (κ2) is 8.53. The van der Waals surface area contributed by atoms with Crippen molar-refractivity contribution < 1.29 is 33.0 Å². The number of nitrogens with one attached hydrogen (secondary N) is 1. The number of amides is 1. The lowest BCUT2D eigenvalue weighted by Crippen LogP contribution is -2.21. The van der Waals surface area contributed by atoms with Crippen LogP contribution in [0, 0.1) is 0 Å². The molecule has 1 aliphatic heterocycles. The fourth-order valence-corrected chi connectivity index (χ4v) is 3.21. The number of benzene rings is 2. The van der Waals surface area contributed by atoms with Crippen LogP contribution in [0.3, 0.4) is 0 Å². The predicted molar refractivity (Wildman–Crippen MR) is 111 cm³/mol. The molecule has 9 heteroatoms. The van der Waals surface area contributed by atoms with Crippen LogP contribution in [0.4, 0.5) is 5.69 Å². The number of rotatable bonds is 6. The van der Waals surface area contributed by atoms with Gasteiger partial charge in [-0.15, -0.1) is 0 Å². The van der Waals surface area contributed by atoms with Gasteiger partial charge in [0.2, 0.25) is 12.6 Å². The average Bonchev–Trinajstić information content (AvgIpc) is 3.41. The standard InChI is InChI=1S/C22H16ClNO7/c1-12(25)14-8-19-20(30-11-29-19)9-16(14)24-21(26)10-28-22(27)18-7-6-17(31-18)13-4-2-3-5-15(13)23/h2-9H,10-11H2,1H3,(H,24,26). The lowest BCUT2D eigenvalue weighted by atomic mass is 10.1. The second-order valence-electron chi connectivity index (χ2n) is 6.58. The van der Waals surface area contributed by atoms with Gasteiger partial charge in [-0.1, -0.05) is 23.7 Å². The Morgan fingerprint density at radius 3 is 2.55 bits per heavy atom. The third kappa shape index (κ3) is 4.39. The molecule has 0 saturated carbocycles. The number of carbonyl (C=O) groups excluding carboxylic acids is 3. The van der Waals surface area contributed by atoms with Crippen molar-refractivity contribution in [1.29, 1.82) is 0 Å². The van der Waals surface area contributed by atoms with Crippen molar-refractivity contribution in [3.63, 3.8) is 0 Å². The van der Waals surface area contributed by atoms with Gasteiger partial charge in [-0.25, -0.2) is 4.79 Å². The first-order valence-corrected chi connectivity index (χ1v) is 9.56. The number of ketones is 1. The van der Waals surface area contributed by atoms with Gasteiger partial charge < -0.3 is 23.9 Å². The Bertz CT molecular complexity index is 1180. The Balaban J connectivity index is 1.40. The largest absolute Gasteiger partial charge is 0.454 e. The third-order valence-electron chi connectivity index (χ3n) is 4.45. The van der Waals surface area contributed by atoms with Crippen molar-refractivity contribution >= 4 is 34.9 Å². The maximum atomic E-state index is 12.3. The van der Waals surface area contributed by atoms with Crippen molar-refractivity contribution in [3.05, 3.63) is 64.9 Å². The molecule has 0 saturated heterocycles. The molecule has 8 nitrogen and oxygen atoms in total. The number of hydrogen-bond donors (Lipinski definition) is 1. The summed E-state index contributed by atoms with van der Waals surface area (Å²) in [5, 5.41) is 3.02. The van der Waals surface area contributed by atoms with Crippen molar-refractivity contribution in [3.8, 4) is 22.8 Å². The third-order valence-corrected chi connectivity index (χ3v) is 4.78. The fourth-order valence-electron chi connectivity index (χ4n) is 2.98. The Hall–Kier alpha value is -3.78. The molecular weight excluding hydrogens is 426 g/mol. The lowest BCUT2D eigenvalue weighted by molar-refractivity contribution is -0.119. The van der Waals surface area contributed by atoms with Gasteiger partial charge in [-0.05, 0) is 37.3 Å². The highest BCUT2D eigenvalue weighted by atomic mass is 35.5. The van der Waals surface area contributed by atoms with Crippen LogP contribution in [0.1, 0.15) is 27.8 Å². The van der Waals surface area contributed by atoms with E-state index >= 15 is 0 Å². The first-order chi connectivity index (χ1) is 14.9. The fraction of sp³-hybridized carbons (Fsp3) is 0.136. The highest BCUT2D eigenvalue weighted by molar-refractivity contribution is 6.33. The van der Waals surface area contributed by atoms with E-state index < -0.39 is 18.5 Å². The van der Waals surface area contributed by atoms with Gasteiger partial charge in [0.15, 0.2) is 23.9 Å². The van der Waals surface area contributed by atoms with E-state index in [1.165, 1.54) is 25.1 Å². The minimum atomic E-state index is -0.814. The molecule has 2 aromatic carbocycles.